The van der Waals surface area contributed by atoms with Crippen molar-refractivity contribution >= 4 is 28.9 Å². The number of ether oxygens (including phenoxy) is 3. The summed E-state index contributed by atoms with van der Waals surface area (Å²) >= 11 is 5.02. The molecule has 29 heavy (non-hydrogen) atoms. The Morgan fingerprint density at radius 1 is 0.931 bits per heavy atom. The van der Waals surface area contributed by atoms with Crippen molar-refractivity contribution < 1.29 is 32.2 Å². The van der Waals surface area contributed by atoms with Crippen LogP contribution in [0.5, 0.6) is 17.2 Å². The van der Waals surface area contributed by atoms with Gasteiger partial charge in [-0.2, -0.15) is 13.2 Å². The number of halogens is 3. The fourth-order valence-corrected chi connectivity index (χ4v) is 2.47. The zero-order valence-electron chi connectivity index (χ0n) is 15.6. The molecular weight excluding hydrogens is 411 g/mol. The first kappa shape index (κ1) is 22.1. The van der Waals surface area contributed by atoms with Gasteiger partial charge in [0, 0.05) is 11.3 Å². The van der Waals surface area contributed by atoms with E-state index in [0.29, 0.717) is 22.9 Å². The fraction of sp³-hybridized carbons (Fsp3) is 0.222. The van der Waals surface area contributed by atoms with Crippen LogP contribution in [-0.4, -0.2) is 32.3 Å². The number of rotatable bonds is 5. The summed E-state index contributed by atoms with van der Waals surface area (Å²) in [7, 11) is 4.27. The molecule has 7 nitrogen and oxygen atoms in total. The smallest absolute Gasteiger partial charge is 0.416 e. The quantitative estimate of drug-likeness (QED) is 0.497. The Labute approximate surface area is 170 Å². The molecule has 0 radical (unpaired) electrons. The monoisotopic (exact) mass is 429 g/mol. The molecule has 1 amide bonds. The van der Waals surface area contributed by atoms with Crippen molar-refractivity contribution in [3.8, 4) is 17.2 Å². The van der Waals surface area contributed by atoms with E-state index in [1.165, 1.54) is 45.6 Å². The van der Waals surface area contributed by atoms with E-state index in [9.17, 15) is 18.0 Å². The van der Waals surface area contributed by atoms with E-state index in [2.05, 4.69) is 16.2 Å². The van der Waals surface area contributed by atoms with Crippen LogP contribution in [0.25, 0.3) is 0 Å². The van der Waals surface area contributed by atoms with Gasteiger partial charge in [0.25, 0.3) is 5.91 Å². The molecule has 0 atom stereocenters. The van der Waals surface area contributed by atoms with Gasteiger partial charge in [0.15, 0.2) is 16.6 Å². The Morgan fingerprint density at radius 3 is 1.93 bits per heavy atom. The standard InChI is InChI=1S/C18H18F3N3O4S/c1-26-13-8-10(9-14(27-2)15(13)28-3)16(25)23-24-17(29)22-12-6-4-11(5-7-12)18(19,20)21/h4-9H,1-3H3,(H,23,25)(H2,22,24,29). The van der Waals surface area contributed by atoms with Crippen molar-refractivity contribution in [2.24, 2.45) is 0 Å². The van der Waals surface area contributed by atoms with Crippen LogP contribution in [0.15, 0.2) is 36.4 Å². The molecule has 156 valence electrons. The normalized spacial score (nSPS) is 10.7. The minimum Gasteiger partial charge on any atom is -0.493 e. The Morgan fingerprint density at radius 2 is 1.48 bits per heavy atom. The molecule has 0 saturated carbocycles. The molecule has 0 heterocycles. The van der Waals surface area contributed by atoms with Gasteiger partial charge in [0.2, 0.25) is 5.75 Å². The molecule has 0 bridgehead atoms. The van der Waals surface area contributed by atoms with Crippen LogP contribution < -0.4 is 30.4 Å². The summed E-state index contributed by atoms with van der Waals surface area (Å²) in [5.74, 6) is 0.365. The molecule has 0 fully saturated rings. The van der Waals surface area contributed by atoms with Gasteiger partial charge in [-0.15, -0.1) is 0 Å². The lowest BCUT2D eigenvalue weighted by atomic mass is 10.1. The zero-order chi connectivity index (χ0) is 21.6. The van der Waals surface area contributed by atoms with Gasteiger partial charge in [0.05, 0.1) is 26.9 Å². The predicted molar refractivity (Wildman–Crippen MR) is 104 cm³/mol. The van der Waals surface area contributed by atoms with Gasteiger partial charge in [-0.3, -0.25) is 15.6 Å². The highest BCUT2D eigenvalue weighted by atomic mass is 32.1. The second-order valence-corrected chi connectivity index (χ2v) is 5.93. The van der Waals surface area contributed by atoms with Crippen molar-refractivity contribution in [1.82, 2.24) is 10.9 Å². The first-order valence-electron chi connectivity index (χ1n) is 8.04. The highest BCUT2D eigenvalue weighted by molar-refractivity contribution is 7.80. The minimum absolute atomic E-state index is 0.0226. The number of alkyl halides is 3. The Balaban J connectivity index is 2.00. The summed E-state index contributed by atoms with van der Waals surface area (Å²) in [5, 5.41) is 2.64. The third-order valence-corrected chi connectivity index (χ3v) is 3.89. The number of hydrogen-bond donors (Lipinski definition) is 3. The largest absolute Gasteiger partial charge is 0.493 e. The van der Waals surface area contributed by atoms with Crippen molar-refractivity contribution in [3.05, 3.63) is 47.5 Å². The molecule has 0 aromatic heterocycles. The molecule has 0 aliphatic heterocycles. The molecule has 2 rings (SSSR count). The van der Waals surface area contributed by atoms with E-state index in [1.807, 2.05) is 0 Å². The molecule has 0 aliphatic carbocycles. The van der Waals surface area contributed by atoms with E-state index < -0.39 is 17.6 Å². The molecule has 0 spiro atoms. The maximum Gasteiger partial charge on any atom is 0.416 e. The molecule has 2 aromatic carbocycles. The SMILES string of the molecule is COc1cc(C(=O)NNC(=S)Nc2ccc(C(F)(F)F)cc2)cc(OC)c1OC. The van der Waals surface area contributed by atoms with Gasteiger partial charge in [0.1, 0.15) is 0 Å². The first-order valence-corrected chi connectivity index (χ1v) is 8.45. The number of hydrogen-bond acceptors (Lipinski definition) is 5. The molecular formula is C18H18F3N3O4S. The molecule has 0 saturated heterocycles. The van der Waals surface area contributed by atoms with Gasteiger partial charge >= 0.3 is 6.18 Å². The number of carbonyl (C=O) groups excluding carboxylic acids is 1. The number of benzene rings is 2. The maximum absolute atomic E-state index is 12.6. The van der Waals surface area contributed by atoms with E-state index in [-0.39, 0.29) is 10.7 Å². The number of methoxy groups -OCH3 is 3. The van der Waals surface area contributed by atoms with Crippen molar-refractivity contribution in [3.63, 3.8) is 0 Å². The maximum atomic E-state index is 12.6. The predicted octanol–water partition coefficient (Wildman–Crippen LogP) is 3.36. The van der Waals surface area contributed by atoms with Gasteiger partial charge in [-0.25, -0.2) is 0 Å². The van der Waals surface area contributed by atoms with Gasteiger partial charge in [-0.05, 0) is 48.6 Å². The lowest BCUT2D eigenvalue weighted by Gasteiger charge is -2.15. The van der Waals surface area contributed by atoms with Gasteiger partial charge < -0.3 is 19.5 Å². The molecule has 11 heteroatoms. The summed E-state index contributed by atoms with van der Waals surface area (Å²) in [4.78, 5) is 12.4. The lowest BCUT2D eigenvalue weighted by Crippen LogP contribution is -2.43. The Hall–Kier alpha value is -3.21. The van der Waals surface area contributed by atoms with Crippen molar-refractivity contribution in [2.75, 3.05) is 26.6 Å². The van der Waals surface area contributed by atoms with Crippen LogP contribution in [0.1, 0.15) is 15.9 Å². The summed E-state index contributed by atoms with van der Waals surface area (Å²) in [6.45, 7) is 0. The molecule has 0 aliphatic rings. The van der Waals surface area contributed by atoms with Gasteiger partial charge in [-0.1, -0.05) is 0 Å². The lowest BCUT2D eigenvalue weighted by molar-refractivity contribution is -0.137. The minimum atomic E-state index is -4.42. The summed E-state index contributed by atoms with van der Waals surface area (Å²) in [6, 6.07) is 7.17. The van der Waals surface area contributed by atoms with Crippen LogP contribution in [0, 0.1) is 0 Å². The highest BCUT2D eigenvalue weighted by Gasteiger charge is 2.29. The third-order valence-electron chi connectivity index (χ3n) is 3.69. The number of nitrogens with one attached hydrogen (secondary N) is 3. The topological polar surface area (TPSA) is 80.9 Å². The number of amides is 1. The second-order valence-electron chi connectivity index (χ2n) is 5.52. The summed E-state index contributed by atoms with van der Waals surface area (Å²) in [6.07, 6.45) is -4.42. The molecule has 0 unspecified atom stereocenters. The second kappa shape index (κ2) is 9.32. The number of carbonyl (C=O) groups is 1. The molecule has 2 aromatic rings. The average Bonchev–Trinajstić information content (AvgIpc) is 2.70. The Bertz CT molecular complexity index is 864. The number of anilines is 1. The fourth-order valence-electron chi connectivity index (χ4n) is 2.30. The first-order chi connectivity index (χ1) is 13.7. The third kappa shape index (κ3) is 5.64. The van der Waals surface area contributed by atoms with E-state index in [0.717, 1.165) is 12.1 Å². The van der Waals surface area contributed by atoms with Crippen LogP contribution in [-0.2, 0) is 6.18 Å². The van der Waals surface area contributed by atoms with E-state index in [1.54, 1.807) is 0 Å². The van der Waals surface area contributed by atoms with Crippen LogP contribution >= 0.6 is 12.2 Å². The van der Waals surface area contributed by atoms with Crippen LogP contribution in [0.4, 0.5) is 18.9 Å². The summed E-state index contributed by atoms with van der Waals surface area (Å²) in [5.41, 5.74) is 4.57. The number of hydrazine groups is 1. The number of thiocarbonyl (C=S) groups is 1. The molecule has 3 N–H and O–H groups in total. The Kier molecular flexibility index (Phi) is 7.10. The zero-order valence-corrected chi connectivity index (χ0v) is 16.5. The van der Waals surface area contributed by atoms with Crippen LogP contribution in [0.2, 0.25) is 0 Å². The van der Waals surface area contributed by atoms with Crippen molar-refractivity contribution in [2.45, 2.75) is 6.18 Å². The van der Waals surface area contributed by atoms with E-state index >= 15 is 0 Å². The highest BCUT2D eigenvalue weighted by Crippen LogP contribution is 2.38. The average molecular weight is 429 g/mol. The van der Waals surface area contributed by atoms with Crippen molar-refractivity contribution in [1.29, 1.82) is 0 Å². The summed E-state index contributed by atoms with van der Waals surface area (Å²) < 4.78 is 53.3. The van der Waals surface area contributed by atoms with Crippen LogP contribution in [0.3, 0.4) is 0 Å². The van der Waals surface area contributed by atoms with E-state index in [4.69, 9.17) is 26.4 Å².